The summed E-state index contributed by atoms with van der Waals surface area (Å²) in [5.41, 5.74) is 3.50. The summed E-state index contributed by atoms with van der Waals surface area (Å²) in [5, 5.41) is 32.4. The van der Waals surface area contributed by atoms with E-state index in [4.69, 9.17) is 5.11 Å². The summed E-state index contributed by atoms with van der Waals surface area (Å²) in [6.07, 6.45) is 5.62. The SMILES string of the molecule is C=CCn1ncc2cc(C)c(Nc3ncc(C(=O)NCCO)c(N[Si]4c5ccccc5C[C@H]4O)n3)cc21. The van der Waals surface area contributed by atoms with Crippen molar-refractivity contribution < 1.29 is 15.0 Å². The number of hydrogen-bond acceptors (Lipinski definition) is 8. The van der Waals surface area contributed by atoms with Gasteiger partial charge >= 0.3 is 0 Å². The molecule has 1 amide bonds. The van der Waals surface area contributed by atoms with Gasteiger partial charge in [-0.05, 0) is 41.8 Å². The molecule has 5 N–H and O–H groups in total. The summed E-state index contributed by atoms with van der Waals surface area (Å²) >= 11 is 0. The topological polar surface area (TPSA) is 137 Å². The third kappa shape index (κ3) is 4.96. The lowest BCUT2D eigenvalue weighted by molar-refractivity contribution is 0.0945. The first-order valence-corrected chi connectivity index (χ1v) is 13.6. The summed E-state index contributed by atoms with van der Waals surface area (Å²) in [6.45, 7) is 6.30. The van der Waals surface area contributed by atoms with E-state index < -0.39 is 20.6 Å². The number of aryl methyl sites for hydroxylation is 1. The molecule has 0 saturated carbocycles. The van der Waals surface area contributed by atoms with Crippen LogP contribution in [-0.2, 0) is 13.0 Å². The summed E-state index contributed by atoms with van der Waals surface area (Å²) in [4.78, 5) is 25.3. The van der Waals surface area contributed by atoms with Gasteiger partial charge in [-0.3, -0.25) is 9.48 Å². The predicted octanol–water partition coefficient (Wildman–Crippen LogP) is 1.55. The molecule has 0 unspecified atom stereocenters. The molecule has 2 aromatic carbocycles. The molecule has 10 nitrogen and oxygen atoms in total. The monoisotopic (exact) mass is 514 g/mol. The van der Waals surface area contributed by atoms with E-state index in [0.717, 1.165) is 32.9 Å². The molecule has 37 heavy (non-hydrogen) atoms. The Kier molecular flexibility index (Phi) is 6.99. The largest absolute Gasteiger partial charge is 0.395 e. The lowest BCUT2D eigenvalue weighted by atomic mass is 10.1. The van der Waals surface area contributed by atoms with Crippen molar-refractivity contribution in [3.8, 4) is 0 Å². The van der Waals surface area contributed by atoms with Crippen molar-refractivity contribution in [2.75, 3.05) is 23.5 Å². The van der Waals surface area contributed by atoms with Crippen molar-refractivity contribution in [2.24, 2.45) is 0 Å². The number of anilines is 3. The number of rotatable bonds is 9. The molecule has 0 aliphatic carbocycles. The maximum Gasteiger partial charge on any atom is 0.256 e. The fourth-order valence-corrected chi connectivity index (χ4v) is 6.80. The molecular weight excluding hydrogens is 486 g/mol. The highest BCUT2D eigenvalue weighted by Gasteiger charge is 2.35. The van der Waals surface area contributed by atoms with Gasteiger partial charge in [0.05, 0.1) is 36.2 Å². The van der Waals surface area contributed by atoms with E-state index in [-0.39, 0.29) is 18.7 Å². The van der Waals surface area contributed by atoms with E-state index in [1.165, 1.54) is 6.20 Å². The van der Waals surface area contributed by atoms with Gasteiger partial charge in [0.25, 0.3) is 5.91 Å². The number of allylic oxidation sites excluding steroid dienone is 1. The lowest BCUT2D eigenvalue weighted by Crippen LogP contribution is -2.45. The number of hydrogen-bond donors (Lipinski definition) is 5. The second-order valence-electron chi connectivity index (χ2n) is 8.82. The number of nitrogens with one attached hydrogen (secondary N) is 3. The van der Waals surface area contributed by atoms with Crippen LogP contribution >= 0.6 is 0 Å². The minimum Gasteiger partial charge on any atom is -0.395 e. The molecule has 0 fully saturated rings. The number of aliphatic hydroxyl groups excluding tert-OH is 2. The van der Waals surface area contributed by atoms with Crippen molar-refractivity contribution in [2.45, 2.75) is 25.6 Å². The second-order valence-corrected chi connectivity index (χ2v) is 11.1. The van der Waals surface area contributed by atoms with Crippen molar-refractivity contribution in [3.63, 3.8) is 0 Å². The second kappa shape index (κ2) is 10.5. The molecule has 5 rings (SSSR count). The number of carbonyl (C=O) groups is 1. The van der Waals surface area contributed by atoms with Crippen LogP contribution < -0.4 is 20.8 Å². The number of amides is 1. The van der Waals surface area contributed by atoms with Gasteiger partial charge in [0.1, 0.15) is 5.82 Å². The molecule has 0 bridgehead atoms. The van der Waals surface area contributed by atoms with E-state index in [9.17, 15) is 9.90 Å². The van der Waals surface area contributed by atoms with Crippen molar-refractivity contribution in [3.05, 3.63) is 78.1 Å². The van der Waals surface area contributed by atoms with E-state index in [1.54, 1.807) is 6.08 Å². The summed E-state index contributed by atoms with van der Waals surface area (Å²) in [7, 11) is -1.67. The molecule has 1 atom stereocenters. The Labute approximate surface area is 215 Å². The highest BCUT2D eigenvalue weighted by Crippen LogP contribution is 2.27. The zero-order valence-corrected chi connectivity index (χ0v) is 21.4. The van der Waals surface area contributed by atoms with Gasteiger partial charge in [-0.25, -0.2) is 4.98 Å². The molecule has 1 aliphatic rings. The highest BCUT2D eigenvalue weighted by molar-refractivity contribution is 6.78. The van der Waals surface area contributed by atoms with Gasteiger partial charge in [-0.2, -0.15) is 10.1 Å². The van der Waals surface area contributed by atoms with E-state index in [2.05, 4.69) is 37.3 Å². The Morgan fingerprint density at radius 3 is 2.95 bits per heavy atom. The van der Waals surface area contributed by atoms with E-state index >= 15 is 0 Å². The van der Waals surface area contributed by atoms with Crippen LogP contribution in [0.3, 0.4) is 0 Å². The third-order valence-corrected chi connectivity index (χ3v) is 8.72. The van der Waals surface area contributed by atoms with Crippen molar-refractivity contribution in [1.82, 2.24) is 25.1 Å². The van der Waals surface area contributed by atoms with E-state index in [1.807, 2.05) is 54.2 Å². The number of aliphatic hydroxyl groups is 2. The van der Waals surface area contributed by atoms with Crippen LogP contribution in [0.5, 0.6) is 0 Å². The number of fused-ring (bicyclic) bond motifs is 2. The Morgan fingerprint density at radius 2 is 2.14 bits per heavy atom. The fraction of sp³-hybridized carbons (Fsp3) is 0.231. The zero-order valence-electron chi connectivity index (χ0n) is 20.4. The van der Waals surface area contributed by atoms with Gasteiger partial charge < -0.3 is 25.8 Å². The Hall–Kier alpha value is -4.06. The zero-order chi connectivity index (χ0) is 25.9. The Balaban J connectivity index is 1.50. The number of aromatic nitrogens is 4. The summed E-state index contributed by atoms with van der Waals surface area (Å²) in [6, 6.07) is 11.9. The van der Waals surface area contributed by atoms with Crippen LogP contribution in [0.2, 0.25) is 0 Å². The Morgan fingerprint density at radius 1 is 1.30 bits per heavy atom. The van der Waals surface area contributed by atoms with Crippen LogP contribution in [0.25, 0.3) is 10.9 Å². The Bertz CT molecular complexity index is 1470. The average molecular weight is 515 g/mol. The molecule has 2 aromatic heterocycles. The molecule has 3 heterocycles. The van der Waals surface area contributed by atoms with Crippen LogP contribution in [0, 0.1) is 6.92 Å². The first kappa shape index (κ1) is 24.6. The maximum atomic E-state index is 12.8. The molecule has 1 aliphatic heterocycles. The standard InChI is InChI=1S/C26H28N7O3Si/c1-3-9-33-21-13-20(16(2)11-18(21)14-29-33)30-26-28-15-19(25(36)27-8-10-34)24(31-26)32-37-22-7-5-4-6-17(22)12-23(37)35/h3-7,11,13-15,23,34-35H,1,8-10,12H2,2H3,(H,27,36)(H2,28,30,31,32)/t23-/m0/s1. The lowest BCUT2D eigenvalue weighted by Gasteiger charge is -2.19. The smallest absolute Gasteiger partial charge is 0.256 e. The molecule has 11 heteroatoms. The normalized spacial score (nSPS) is 14.9. The number of nitrogens with zero attached hydrogens (tertiary/aromatic N) is 4. The summed E-state index contributed by atoms with van der Waals surface area (Å²) in [5.74, 6) is 0.229. The molecule has 0 saturated heterocycles. The minimum absolute atomic E-state index is 0.110. The van der Waals surface area contributed by atoms with Crippen molar-refractivity contribution in [1.29, 1.82) is 0 Å². The van der Waals surface area contributed by atoms with Gasteiger partial charge in [0.2, 0.25) is 14.9 Å². The van der Waals surface area contributed by atoms with E-state index in [0.29, 0.717) is 24.7 Å². The quantitative estimate of drug-likeness (QED) is 0.168. The maximum absolute atomic E-state index is 12.8. The molecule has 189 valence electrons. The van der Waals surface area contributed by atoms with Gasteiger partial charge in [-0.15, -0.1) is 6.58 Å². The van der Waals surface area contributed by atoms with Gasteiger partial charge in [0.15, 0.2) is 0 Å². The van der Waals surface area contributed by atoms with Crippen LogP contribution in [0.15, 0.2) is 61.4 Å². The highest BCUT2D eigenvalue weighted by atomic mass is 28.3. The van der Waals surface area contributed by atoms with Crippen LogP contribution in [-0.4, -0.2) is 63.7 Å². The molecule has 1 radical (unpaired) electrons. The summed E-state index contributed by atoms with van der Waals surface area (Å²) < 4.78 is 1.86. The average Bonchev–Trinajstić information content (AvgIpc) is 3.42. The van der Waals surface area contributed by atoms with Crippen LogP contribution in [0.1, 0.15) is 21.5 Å². The fourth-order valence-electron chi connectivity index (χ4n) is 4.46. The molecule has 0 spiro atoms. The first-order chi connectivity index (χ1) is 18.0. The van der Waals surface area contributed by atoms with Crippen LogP contribution in [0.4, 0.5) is 17.5 Å². The molecule has 4 aromatic rings. The first-order valence-electron chi connectivity index (χ1n) is 12.0. The third-order valence-electron chi connectivity index (χ3n) is 6.27. The molecular formula is C26H28N7O3Si. The number of carbonyl (C=O) groups excluding carboxylic acids is 1. The minimum atomic E-state index is -1.67. The van der Waals surface area contributed by atoms with Gasteiger partial charge in [0, 0.05) is 23.8 Å². The predicted molar refractivity (Wildman–Crippen MR) is 145 cm³/mol. The van der Waals surface area contributed by atoms with Crippen molar-refractivity contribution >= 4 is 48.4 Å². The van der Waals surface area contributed by atoms with Gasteiger partial charge in [-0.1, -0.05) is 30.3 Å². The number of benzene rings is 2.